The van der Waals surface area contributed by atoms with Gasteiger partial charge in [-0.25, -0.2) is 9.07 Å². The predicted molar refractivity (Wildman–Crippen MR) is 178 cm³/mol. The van der Waals surface area contributed by atoms with Gasteiger partial charge in [-0.15, -0.1) is 5.10 Å². The molecule has 22 heteroatoms. The molecule has 5 unspecified atom stereocenters. The van der Waals surface area contributed by atoms with Gasteiger partial charge in [-0.3, -0.25) is 28.8 Å². The number of benzene rings is 1. The summed E-state index contributed by atoms with van der Waals surface area (Å²) in [6.45, 7) is 5.59. The van der Waals surface area contributed by atoms with E-state index in [2.05, 4.69) is 20.3 Å². The molecule has 0 amide bonds. The van der Waals surface area contributed by atoms with Crippen molar-refractivity contribution in [1.82, 2.24) is 15.0 Å². The average Bonchev–Trinajstić information content (AvgIpc) is 3.56. The van der Waals surface area contributed by atoms with Crippen LogP contribution < -0.4 is 0 Å². The normalized spacial score (nSPS) is 27.7. The number of rotatable bonds is 13. The van der Waals surface area contributed by atoms with Crippen molar-refractivity contribution >= 4 is 47.6 Å². The predicted octanol–water partition coefficient (Wildman–Crippen LogP) is 2.34. The molecule has 10 atom stereocenters. The van der Waals surface area contributed by atoms with Crippen LogP contribution in [0.2, 0.25) is 0 Å². The van der Waals surface area contributed by atoms with Crippen LogP contribution in [0.5, 0.6) is 0 Å². The quantitative estimate of drug-likeness (QED) is 0.0929. The molecular formula is C32H37FN6O14S. The van der Waals surface area contributed by atoms with Crippen molar-refractivity contribution in [3.63, 3.8) is 0 Å². The third kappa shape index (κ3) is 10.9. The maximum Gasteiger partial charge on any atom is 0.303 e. The number of azide groups is 1. The summed E-state index contributed by atoms with van der Waals surface area (Å²) in [6, 6.07) is 2.72. The summed E-state index contributed by atoms with van der Waals surface area (Å²) in [7, 11) is 0. The first-order chi connectivity index (χ1) is 25.6. The number of halogens is 1. The van der Waals surface area contributed by atoms with Crippen LogP contribution in [0.4, 0.5) is 4.39 Å². The molecular weight excluding hydrogens is 743 g/mol. The Labute approximate surface area is 310 Å². The van der Waals surface area contributed by atoms with Crippen LogP contribution in [0.25, 0.3) is 21.7 Å². The Morgan fingerprint density at radius 3 is 1.85 bits per heavy atom. The first-order valence-electron chi connectivity index (χ1n) is 16.2. The molecule has 0 radical (unpaired) electrons. The van der Waals surface area contributed by atoms with Crippen molar-refractivity contribution in [2.75, 3.05) is 13.2 Å². The minimum atomic E-state index is -1.51. The highest BCUT2D eigenvalue weighted by Gasteiger charge is 2.56. The molecule has 2 aliphatic rings. The SMILES string of the molecule is CC(=O)OCC1O[C@@H](S[C@@H]2O[C@H](COC(C)=O)C(OC(C)=O)C(N=[N+]=[N-])[C@H]2OC(C)=O)C(OC(C)=O)C(n2cc(-c3cccc(F)c3)nn2)[C@H]1OC(C)=O. The van der Waals surface area contributed by atoms with Crippen molar-refractivity contribution < 1.29 is 71.1 Å². The number of carbonyl (C=O) groups excluding carboxylic acids is 6. The van der Waals surface area contributed by atoms with Crippen molar-refractivity contribution in [2.45, 2.75) is 101 Å². The number of thioether (sulfide) groups is 1. The monoisotopic (exact) mass is 780 g/mol. The molecule has 2 saturated heterocycles. The molecule has 54 heavy (non-hydrogen) atoms. The molecule has 2 aromatic rings. The van der Waals surface area contributed by atoms with Gasteiger partial charge in [-0.2, -0.15) is 0 Å². The summed E-state index contributed by atoms with van der Waals surface area (Å²) in [5, 5.41) is 12.1. The van der Waals surface area contributed by atoms with Gasteiger partial charge >= 0.3 is 35.8 Å². The lowest BCUT2D eigenvalue weighted by Crippen LogP contribution is -2.62. The fraction of sp³-hybridized carbons (Fsp3) is 0.562. The highest BCUT2D eigenvalue weighted by Crippen LogP contribution is 2.44. The van der Waals surface area contributed by atoms with E-state index < -0.39 is 114 Å². The van der Waals surface area contributed by atoms with Gasteiger partial charge in [0.2, 0.25) is 0 Å². The number of nitrogens with zero attached hydrogens (tertiary/aromatic N) is 6. The zero-order chi connectivity index (χ0) is 39.7. The standard InChI is InChI=1S/C32H37FN6O14S/c1-14(40)46-12-23-27(48-16(3)42)25(36-37-34)29(50-18(5)44)31(52-23)54-32-30(51-19(6)45)26(28(49-17(4)43)24(53-32)13-47-15(2)41)39-11-22(35-38-39)20-8-7-9-21(33)10-20/h7-11,23-32H,12-13H2,1-6H3/t23-,24?,25?,26?,27?,28+,29-,30?,31+,32+/m1/s1. The van der Waals surface area contributed by atoms with Crippen LogP contribution >= 0.6 is 11.8 Å². The molecule has 2 aliphatic heterocycles. The molecule has 0 bridgehead atoms. The first kappa shape index (κ1) is 41.4. The Hall–Kier alpha value is -5.31. The number of aromatic nitrogens is 3. The topological polar surface area (TPSA) is 256 Å². The van der Waals surface area contributed by atoms with Gasteiger partial charge in [-0.1, -0.05) is 34.2 Å². The van der Waals surface area contributed by atoms with Crippen LogP contribution in [0.3, 0.4) is 0 Å². The van der Waals surface area contributed by atoms with Gasteiger partial charge in [0.1, 0.15) is 72.1 Å². The Morgan fingerprint density at radius 1 is 0.796 bits per heavy atom. The summed E-state index contributed by atoms with van der Waals surface area (Å²) in [6.07, 6.45) is -6.97. The zero-order valence-corrected chi connectivity index (χ0v) is 30.6. The molecule has 0 saturated carbocycles. The van der Waals surface area contributed by atoms with Gasteiger partial charge in [0, 0.05) is 52.0 Å². The molecule has 292 valence electrons. The number of carbonyl (C=O) groups is 6. The third-order valence-electron chi connectivity index (χ3n) is 7.73. The smallest absolute Gasteiger partial charge is 0.303 e. The van der Waals surface area contributed by atoms with Crippen molar-refractivity contribution in [3.05, 3.63) is 46.7 Å². The minimum absolute atomic E-state index is 0.178. The van der Waals surface area contributed by atoms with Crippen LogP contribution in [0.15, 0.2) is 35.6 Å². The van der Waals surface area contributed by atoms with E-state index >= 15 is 0 Å². The Balaban J connectivity index is 1.86. The third-order valence-corrected chi connectivity index (χ3v) is 9.03. The zero-order valence-electron chi connectivity index (χ0n) is 29.8. The molecule has 3 heterocycles. The lowest BCUT2D eigenvalue weighted by atomic mass is 9.96. The Kier molecular flexibility index (Phi) is 14.3. The van der Waals surface area contributed by atoms with Gasteiger partial charge in [-0.05, 0) is 17.7 Å². The van der Waals surface area contributed by atoms with Crippen molar-refractivity contribution in [2.24, 2.45) is 5.11 Å². The average molecular weight is 781 g/mol. The van der Waals surface area contributed by atoms with Crippen molar-refractivity contribution in [1.29, 1.82) is 0 Å². The van der Waals surface area contributed by atoms with Gasteiger partial charge in [0.25, 0.3) is 0 Å². The van der Waals surface area contributed by atoms with E-state index in [-0.39, 0.29) is 5.69 Å². The summed E-state index contributed by atoms with van der Waals surface area (Å²) in [5.74, 6) is -5.32. The fourth-order valence-corrected chi connectivity index (χ4v) is 7.23. The highest BCUT2D eigenvalue weighted by molar-refractivity contribution is 8.00. The van der Waals surface area contributed by atoms with Gasteiger partial charge < -0.3 is 37.9 Å². The number of hydrogen-bond donors (Lipinski definition) is 0. The highest BCUT2D eigenvalue weighted by atomic mass is 32.2. The first-order valence-corrected chi connectivity index (χ1v) is 17.2. The van der Waals surface area contributed by atoms with E-state index in [4.69, 9.17) is 37.9 Å². The number of hydrogen-bond acceptors (Lipinski definition) is 18. The van der Waals surface area contributed by atoms with Crippen LogP contribution in [-0.2, 0) is 66.7 Å². The van der Waals surface area contributed by atoms with E-state index in [1.165, 1.54) is 29.1 Å². The molecule has 0 aliphatic carbocycles. The van der Waals surface area contributed by atoms with E-state index in [0.717, 1.165) is 53.3 Å². The molecule has 1 aromatic heterocycles. The Bertz CT molecular complexity index is 1770. The summed E-state index contributed by atoms with van der Waals surface area (Å²) in [5.41, 5.74) is 7.23. The molecule has 0 spiro atoms. The largest absolute Gasteiger partial charge is 0.463 e. The number of esters is 6. The van der Waals surface area contributed by atoms with Crippen molar-refractivity contribution in [3.8, 4) is 11.3 Å². The molecule has 1 aromatic carbocycles. The van der Waals surface area contributed by atoms with E-state index in [1.54, 1.807) is 6.07 Å². The molecule has 4 rings (SSSR count). The maximum atomic E-state index is 14.1. The maximum absolute atomic E-state index is 14.1. The number of ether oxygens (including phenoxy) is 8. The molecule has 20 nitrogen and oxygen atoms in total. The lowest BCUT2D eigenvalue weighted by molar-refractivity contribution is -0.214. The van der Waals surface area contributed by atoms with E-state index in [1.807, 2.05) is 0 Å². The second-order valence-electron chi connectivity index (χ2n) is 11.9. The van der Waals surface area contributed by atoms with Crippen LogP contribution in [0.1, 0.15) is 47.6 Å². The second kappa shape index (κ2) is 18.6. The lowest BCUT2D eigenvalue weighted by Gasteiger charge is -2.48. The molecule has 0 N–H and O–H groups in total. The van der Waals surface area contributed by atoms with E-state index in [0.29, 0.717) is 5.56 Å². The second-order valence-corrected chi connectivity index (χ2v) is 13.1. The van der Waals surface area contributed by atoms with Gasteiger partial charge in [0.05, 0.1) is 6.20 Å². The summed E-state index contributed by atoms with van der Waals surface area (Å²) in [4.78, 5) is 76.4. The minimum Gasteiger partial charge on any atom is -0.463 e. The molecule has 2 fully saturated rings. The van der Waals surface area contributed by atoms with Crippen LogP contribution in [0, 0.1) is 5.82 Å². The summed E-state index contributed by atoms with van der Waals surface area (Å²) < 4.78 is 60.7. The fourth-order valence-electron chi connectivity index (χ4n) is 5.81. The van der Waals surface area contributed by atoms with Crippen LogP contribution in [-0.4, -0.2) is 118 Å². The Morgan fingerprint density at radius 2 is 1.31 bits per heavy atom. The van der Waals surface area contributed by atoms with Gasteiger partial charge in [0.15, 0.2) is 12.2 Å². The summed E-state index contributed by atoms with van der Waals surface area (Å²) >= 11 is 0.737. The van der Waals surface area contributed by atoms with E-state index in [9.17, 15) is 38.7 Å².